The first-order valence-electron chi connectivity index (χ1n) is 8.52. The minimum Gasteiger partial charge on any atom is -0.494 e. The smallest absolute Gasteiger partial charge is 0.319 e. The number of halogens is 2. The summed E-state index contributed by atoms with van der Waals surface area (Å²) in [5.41, 5.74) is 0.435. The van der Waals surface area contributed by atoms with E-state index in [4.69, 9.17) is 4.74 Å². The molecule has 2 N–H and O–H groups in total. The molecule has 8 heteroatoms. The molecule has 6 nitrogen and oxygen atoms in total. The van der Waals surface area contributed by atoms with E-state index in [1.54, 1.807) is 29.2 Å². The van der Waals surface area contributed by atoms with Gasteiger partial charge in [0.15, 0.2) is 0 Å². The first-order valence-corrected chi connectivity index (χ1v) is 8.52. The van der Waals surface area contributed by atoms with Gasteiger partial charge >= 0.3 is 6.03 Å². The summed E-state index contributed by atoms with van der Waals surface area (Å²) in [4.78, 5) is 25.8. The Morgan fingerprint density at radius 2 is 1.96 bits per heavy atom. The fourth-order valence-corrected chi connectivity index (χ4v) is 2.88. The Kier molecular flexibility index (Phi) is 5.54. The second kappa shape index (κ2) is 8.03. The maximum Gasteiger partial charge on any atom is 0.319 e. The molecule has 1 aliphatic rings. The zero-order valence-corrected chi connectivity index (χ0v) is 14.7. The lowest BCUT2D eigenvalue weighted by Crippen LogP contribution is -2.39. The van der Waals surface area contributed by atoms with Gasteiger partial charge in [0.25, 0.3) is 0 Å². The van der Waals surface area contributed by atoms with Gasteiger partial charge in [-0.3, -0.25) is 4.79 Å². The number of rotatable bonds is 5. The number of anilines is 2. The van der Waals surface area contributed by atoms with E-state index in [0.717, 1.165) is 18.2 Å². The summed E-state index contributed by atoms with van der Waals surface area (Å²) in [6, 6.07) is 8.72. The summed E-state index contributed by atoms with van der Waals surface area (Å²) in [5, 5.41) is 4.87. The maximum atomic E-state index is 13.6. The summed E-state index contributed by atoms with van der Waals surface area (Å²) in [7, 11) is 0. The number of ether oxygens (including phenoxy) is 1. The van der Waals surface area contributed by atoms with Crippen molar-refractivity contribution < 1.29 is 23.1 Å². The van der Waals surface area contributed by atoms with Crippen LogP contribution < -0.4 is 20.3 Å². The number of benzene rings is 2. The van der Waals surface area contributed by atoms with Crippen LogP contribution in [0, 0.1) is 11.6 Å². The van der Waals surface area contributed by atoms with E-state index in [2.05, 4.69) is 10.6 Å². The first kappa shape index (κ1) is 18.6. The quantitative estimate of drug-likeness (QED) is 0.843. The Morgan fingerprint density at radius 3 is 2.67 bits per heavy atom. The molecule has 0 spiro atoms. The zero-order valence-electron chi connectivity index (χ0n) is 14.7. The highest BCUT2D eigenvalue weighted by Gasteiger charge is 2.31. The lowest BCUT2D eigenvalue weighted by Gasteiger charge is -2.18. The van der Waals surface area contributed by atoms with Gasteiger partial charge in [0.05, 0.1) is 18.3 Å². The summed E-state index contributed by atoms with van der Waals surface area (Å²) >= 11 is 0. The highest BCUT2D eigenvalue weighted by molar-refractivity contribution is 5.97. The standard InChI is InChI=1S/C19H19F2N3O3/c1-2-27-15-6-4-14(5-7-15)24-11-13(10-18(24)25)22-19(26)23-17-9-12(20)3-8-16(17)21/h3-9,13H,2,10-11H2,1H3,(H2,22,23,26)/t13-/m1/s1. The van der Waals surface area contributed by atoms with Crippen LogP contribution in [0.1, 0.15) is 13.3 Å². The van der Waals surface area contributed by atoms with Crippen LogP contribution in [-0.2, 0) is 4.79 Å². The van der Waals surface area contributed by atoms with Gasteiger partial charge in [-0.05, 0) is 43.3 Å². The van der Waals surface area contributed by atoms with Gasteiger partial charge in [0, 0.05) is 24.7 Å². The number of nitrogens with one attached hydrogen (secondary N) is 2. The average molecular weight is 375 g/mol. The van der Waals surface area contributed by atoms with Gasteiger partial charge in [-0.1, -0.05) is 0 Å². The van der Waals surface area contributed by atoms with Gasteiger partial charge in [-0.2, -0.15) is 0 Å². The van der Waals surface area contributed by atoms with E-state index in [9.17, 15) is 18.4 Å². The number of urea groups is 1. The monoisotopic (exact) mass is 375 g/mol. The molecule has 0 saturated carbocycles. The van der Waals surface area contributed by atoms with Crippen molar-refractivity contribution in [1.29, 1.82) is 0 Å². The molecule has 142 valence electrons. The van der Waals surface area contributed by atoms with Crippen molar-refractivity contribution in [3.05, 3.63) is 54.1 Å². The minimum absolute atomic E-state index is 0.117. The molecule has 0 radical (unpaired) electrons. The molecule has 0 bridgehead atoms. The molecule has 0 aliphatic carbocycles. The van der Waals surface area contributed by atoms with Crippen molar-refractivity contribution in [2.45, 2.75) is 19.4 Å². The van der Waals surface area contributed by atoms with Crippen molar-refractivity contribution in [3.8, 4) is 5.75 Å². The topological polar surface area (TPSA) is 70.7 Å². The van der Waals surface area contributed by atoms with Gasteiger partial charge in [-0.25, -0.2) is 13.6 Å². The van der Waals surface area contributed by atoms with Gasteiger partial charge in [-0.15, -0.1) is 0 Å². The van der Waals surface area contributed by atoms with Gasteiger partial charge < -0.3 is 20.3 Å². The Balaban J connectivity index is 1.60. The molecule has 2 aromatic rings. The summed E-state index contributed by atoms with van der Waals surface area (Å²) in [5.74, 6) is -0.838. The normalized spacial score (nSPS) is 16.3. The molecule has 27 heavy (non-hydrogen) atoms. The summed E-state index contributed by atoms with van der Waals surface area (Å²) in [6.45, 7) is 2.72. The van der Waals surface area contributed by atoms with Crippen LogP contribution in [0.5, 0.6) is 5.75 Å². The molecule has 1 heterocycles. The van der Waals surface area contributed by atoms with E-state index in [-0.39, 0.29) is 24.6 Å². The molecule has 1 saturated heterocycles. The third kappa shape index (κ3) is 4.52. The van der Waals surface area contributed by atoms with E-state index in [1.165, 1.54) is 0 Å². The fraction of sp³-hybridized carbons (Fsp3) is 0.263. The average Bonchev–Trinajstić information content (AvgIpc) is 2.99. The third-order valence-corrected chi connectivity index (χ3v) is 4.10. The van der Waals surface area contributed by atoms with Crippen molar-refractivity contribution in [1.82, 2.24) is 5.32 Å². The van der Waals surface area contributed by atoms with E-state index >= 15 is 0 Å². The van der Waals surface area contributed by atoms with Crippen LogP contribution in [0.3, 0.4) is 0 Å². The molecule has 3 amide bonds. The van der Waals surface area contributed by atoms with Crippen molar-refractivity contribution in [2.24, 2.45) is 0 Å². The lowest BCUT2D eigenvalue weighted by atomic mass is 10.2. The van der Waals surface area contributed by atoms with Crippen LogP contribution in [0.4, 0.5) is 25.0 Å². The first-order chi connectivity index (χ1) is 13.0. The Bertz CT molecular complexity index is 843. The molecule has 2 aromatic carbocycles. The number of carbonyl (C=O) groups is 2. The number of hydrogen-bond acceptors (Lipinski definition) is 3. The van der Waals surface area contributed by atoms with Crippen LogP contribution in [0.2, 0.25) is 0 Å². The van der Waals surface area contributed by atoms with Crippen molar-refractivity contribution in [3.63, 3.8) is 0 Å². The van der Waals surface area contributed by atoms with Crippen LogP contribution >= 0.6 is 0 Å². The molecule has 1 fully saturated rings. The molecule has 3 rings (SSSR count). The molecule has 1 atom stereocenters. The van der Waals surface area contributed by atoms with Gasteiger partial charge in [0.1, 0.15) is 17.4 Å². The third-order valence-electron chi connectivity index (χ3n) is 4.10. The second-order valence-electron chi connectivity index (χ2n) is 6.05. The highest BCUT2D eigenvalue weighted by atomic mass is 19.1. The molecule has 1 aliphatic heterocycles. The predicted molar refractivity (Wildman–Crippen MR) is 96.9 cm³/mol. The number of nitrogens with zero attached hydrogens (tertiary/aromatic N) is 1. The van der Waals surface area contributed by atoms with E-state index in [1.807, 2.05) is 6.92 Å². The molecule has 0 unspecified atom stereocenters. The minimum atomic E-state index is -0.745. The summed E-state index contributed by atoms with van der Waals surface area (Å²) < 4.78 is 32.1. The molecule has 0 aromatic heterocycles. The van der Waals surface area contributed by atoms with E-state index in [0.29, 0.717) is 18.0 Å². The summed E-state index contributed by atoms with van der Waals surface area (Å²) in [6.07, 6.45) is 0.117. The number of amides is 3. The van der Waals surface area contributed by atoms with Crippen LogP contribution in [0.15, 0.2) is 42.5 Å². The largest absolute Gasteiger partial charge is 0.494 e. The van der Waals surface area contributed by atoms with Crippen LogP contribution in [-0.4, -0.2) is 31.1 Å². The van der Waals surface area contributed by atoms with Gasteiger partial charge in [0.2, 0.25) is 5.91 Å². The van der Waals surface area contributed by atoms with Crippen molar-refractivity contribution >= 4 is 23.3 Å². The Hall–Kier alpha value is -3.16. The zero-order chi connectivity index (χ0) is 19.4. The number of carbonyl (C=O) groups excluding carboxylic acids is 2. The number of hydrogen-bond donors (Lipinski definition) is 2. The molecular formula is C19H19F2N3O3. The Labute approximate surface area is 155 Å². The van der Waals surface area contributed by atoms with Crippen LogP contribution in [0.25, 0.3) is 0 Å². The maximum absolute atomic E-state index is 13.6. The Morgan fingerprint density at radius 1 is 1.22 bits per heavy atom. The van der Waals surface area contributed by atoms with Crippen molar-refractivity contribution in [2.75, 3.05) is 23.4 Å². The highest BCUT2D eigenvalue weighted by Crippen LogP contribution is 2.24. The predicted octanol–water partition coefficient (Wildman–Crippen LogP) is 3.29. The van der Waals surface area contributed by atoms with E-state index < -0.39 is 23.7 Å². The lowest BCUT2D eigenvalue weighted by molar-refractivity contribution is -0.117. The fourth-order valence-electron chi connectivity index (χ4n) is 2.88. The SMILES string of the molecule is CCOc1ccc(N2C[C@H](NC(=O)Nc3cc(F)ccc3F)CC2=O)cc1. The molecular weight excluding hydrogens is 356 g/mol. The second-order valence-corrected chi connectivity index (χ2v) is 6.05.